The van der Waals surface area contributed by atoms with Gasteiger partial charge in [0.05, 0.1) is 12.5 Å². The number of hydrogen-bond acceptors (Lipinski definition) is 4. The summed E-state index contributed by atoms with van der Waals surface area (Å²) in [4.78, 5) is 38.3. The van der Waals surface area contributed by atoms with E-state index in [-0.39, 0.29) is 37.1 Å². The van der Waals surface area contributed by atoms with E-state index in [1.165, 1.54) is 4.90 Å². The van der Waals surface area contributed by atoms with Gasteiger partial charge in [0.25, 0.3) is 5.91 Å². The molecule has 2 aliphatic rings. The molecule has 2 atom stereocenters. The second-order valence-corrected chi connectivity index (χ2v) is 6.70. The number of nitrogens with zero attached hydrogens (tertiary/aromatic N) is 2. The first-order valence-corrected chi connectivity index (χ1v) is 7.74. The molecule has 0 aromatic heterocycles. The monoisotopic (exact) mass is 330 g/mol. The molecule has 6 heteroatoms. The molecular formula is C18H22N2O4. The molecule has 0 radical (unpaired) electrons. The molecule has 1 saturated carbocycles. The predicted molar refractivity (Wildman–Crippen MR) is 88.3 cm³/mol. The normalized spacial score (nSPS) is 25.5. The number of urea groups is 1. The molecule has 1 saturated heterocycles. The molecule has 3 amide bonds. The smallest absolute Gasteiger partial charge is 0.330 e. The van der Waals surface area contributed by atoms with Crippen molar-refractivity contribution < 1.29 is 19.1 Å². The van der Waals surface area contributed by atoms with Crippen LogP contribution in [0.5, 0.6) is 0 Å². The summed E-state index contributed by atoms with van der Waals surface area (Å²) in [5.74, 6) is 1.26. The predicted octanol–water partition coefficient (Wildman–Crippen LogP) is 1.79. The topological polar surface area (TPSA) is 66.9 Å². The number of terminal acetylenes is 1. The van der Waals surface area contributed by atoms with Crippen molar-refractivity contribution in [1.29, 1.82) is 0 Å². The third-order valence-electron chi connectivity index (χ3n) is 4.68. The minimum Gasteiger partial charge on any atom is -0.443 e. The summed E-state index contributed by atoms with van der Waals surface area (Å²) in [7, 11) is 0. The van der Waals surface area contributed by atoms with Crippen molar-refractivity contribution >= 4 is 17.9 Å². The lowest BCUT2D eigenvalue weighted by Gasteiger charge is -2.15. The molecule has 6 nitrogen and oxygen atoms in total. The third-order valence-corrected chi connectivity index (χ3v) is 4.68. The van der Waals surface area contributed by atoms with Crippen LogP contribution in [0.1, 0.15) is 20.8 Å². The van der Waals surface area contributed by atoms with E-state index in [0.29, 0.717) is 0 Å². The molecule has 128 valence electrons. The molecule has 0 aromatic rings. The molecular weight excluding hydrogens is 308 g/mol. The van der Waals surface area contributed by atoms with Gasteiger partial charge in [-0.3, -0.25) is 9.59 Å². The lowest BCUT2D eigenvalue weighted by Crippen LogP contribution is -2.36. The molecule has 0 spiro atoms. The number of ether oxygens (including phenoxy) is 1. The van der Waals surface area contributed by atoms with Gasteiger partial charge in [0, 0.05) is 0 Å². The Hall–Kier alpha value is -2.55. The van der Waals surface area contributed by atoms with Crippen LogP contribution < -0.4 is 0 Å². The Morgan fingerprint density at radius 3 is 2.75 bits per heavy atom. The van der Waals surface area contributed by atoms with Gasteiger partial charge in [0.15, 0.2) is 6.73 Å². The molecule has 0 aromatic carbocycles. The van der Waals surface area contributed by atoms with E-state index in [1.54, 1.807) is 6.08 Å². The molecule has 2 rings (SSSR count). The highest BCUT2D eigenvalue weighted by Gasteiger charge is 2.61. The van der Waals surface area contributed by atoms with Gasteiger partial charge in [-0.2, -0.15) is 0 Å². The molecule has 2 unspecified atom stereocenters. The van der Waals surface area contributed by atoms with Gasteiger partial charge in [-0.15, -0.1) is 6.42 Å². The van der Waals surface area contributed by atoms with E-state index in [4.69, 9.17) is 11.2 Å². The van der Waals surface area contributed by atoms with E-state index in [1.807, 2.05) is 26.8 Å². The highest BCUT2D eigenvalue weighted by Crippen LogP contribution is 2.59. The number of carbonyl (C=O) groups is 3. The van der Waals surface area contributed by atoms with Gasteiger partial charge in [0.2, 0.25) is 0 Å². The van der Waals surface area contributed by atoms with Gasteiger partial charge in [-0.25, -0.2) is 9.69 Å². The molecule has 0 N–H and O–H groups in total. The summed E-state index contributed by atoms with van der Waals surface area (Å²) >= 11 is 0. The summed E-state index contributed by atoms with van der Waals surface area (Å²) in [5.41, 5.74) is 0.786. The van der Waals surface area contributed by atoms with Crippen molar-refractivity contribution in [3.8, 4) is 12.3 Å². The Labute approximate surface area is 142 Å². The highest BCUT2D eigenvalue weighted by atomic mass is 16.5. The van der Waals surface area contributed by atoms with Crippen LogP contribution in [0.2, 0.25) is 0 Å². The zero-order chi connectivity index (χ0) is 18.1. The molecule has 1 aliphatic heterocycles. The molecule has 1 heterocycles. The minimum atomic E-state index is -0.528. The summed E-state index contributed by atoms with van der Waals surface area (Å²) in [6.45, 7) is 9.19. The summed E-state index contributed by atoms with van der Waals surface area (Å²) < 4.78 is 5.21. The maximum atomic E-state index is 12.3. The Balaban J connectivity index is 1.95. The van der Waals surface area contributed by atoms with Crippen molar-refractivity contribution in [3.63, 3.8) is 0 Å². The standard InChI is InChI=1S/C18H22N2O4/c1-6-8-19-10-14(21)20(17(19)23)11-24-16(22)15-13(18(15,4)5)9-12(3)7-2/h1,7,9,13,15H,2,8,10-11H2,3-5H3/b12-9-. The van der Waals surface area contributed by atoms with Crippen molar-refractivity contribution in [1.82, 2.24) is 9.80 Å². The average molecular weight is 330 g/mol. The fourth-order valence-corrected chi connectivity index (χ4v) is 2.96. The first-order valence-electron chi connectivity index (χ1n) is 7.74. The number of amides is 3. The van der Waals surface area contributed by atoms with Crippen LogP contribution >= 0.6 is 0 Å². The fourth-order valence-electron chi connectivity index (χ4n) is 2.96. The quantitative estimate of drug-likeness (QED) is 0.322. The van der Waals surface area contributed by atoms with Crippen molar-refractivity contribution in [3.05, 3.63) is 24.3 Å². The zero-order valence-corrected chi connectivity index (χ0v) is 14.2. The summed E-state index contributed by atoms with van der Waals surface area (Å²) in [6.07, 6.45) is 8.89. The highest BCUT2D eigenvalue weighted by molar-refractivity contribution is 6.02. The van der Waals surface area contributed by atoms with Crippen LogP contribution in [-0.4, -0.2) is 47.5 Å². The SMILES string of the molecule is C#CCN1CC(=O)N(COC(=O)C2C(/C=C(/C)C=C)C2(C)C)C1=O. The van der Waals surface area contributed by atoms with Gasteiger partial charge < -0.3 is 9.64 Å². The molecule has 0 bridgehead atoms. The van der Waals surface area contributed by atoms with Crippen LogP contribution in [0.4, 0.5) is 4.79 Å². The third kappa shape index (κ3) is 3.21. The number of carbonyl (C=O) groups excluding carboxylic acids is 3. The van der Waals surface area contributed by atoms with Gasteiger partial charge in [0.1, 0.15) is 6.54 Å². The Kier molecular flexibility index (Phi) is 4.83. The fraction of sp³-hybridized carbons (Fsp3) is 0.500. The largest absolute Gasteiger partial charge is 0.443 e. The van der Waals surface area contributed by atoms with E-state index >= 15 is 0 Å². The zero-order valence-electron chi connectivity index (χ0n) is 14.2. The van der Waals surface area contributed by atoms with Crippen LogP contribution in [0.15, 0.2) is 24.3 Å². The van der Waals surface area contributed by atoms with Crippen LogP contribution in [0, 0.1) is 29.6 Å². The van der Waals surface area contributed by atoms with E-state index in [9.17, 15) is 14.4 Å². The number of allylic oxidation sites excluding steroid dienone is 3. The van der Waals surface area contributed by atoms with Crippen molar-refractivity contribution in [2.24, 2.45) is 17.3 Å². The van der Waals surface area contributed by atoms with Crippen molar-refractivity contribution in [2.45, 2.75) is 20.8 Å². The van der Waals surface area contributed by atoms with Crippen LogP contribution in [0.25, 0.3) is 0 Å². The van der Waals surface area contributed by atoms with E-state index < -0.39 is 17.9 Å². The Morgan fingerprint density at radius 2 is 2.17 bits per heavy atom. The average Bonchev–Trinajstić information content (AvgIpc) is 2.94. The summed E-state index contributed by atoms with van der Waals surface area (Å²) in [6, 6.07) is -0.528. The molecule has 2 fully saturated rings. The van der Waals surface area contributed by atoms with Crippen molar-refractivity contribution in [2.75, 3.05) is 19.8 Å². The second kappa shape index (κ2) is 6.52. The number of imide groups is 1. The van der Waals surface area contributed by atoms with E-state index in [0.717, 1.165) is 10.5 Å². The van der Waals surface area contributed by atoms with Crippen LogP contribution in [-0.2, 0) is 14.3 Å². The molecule has 1 aliphatic carbocycles. The maximum absolute atomic E-state index is 12.3. The minimum absolute atomic E-state index is 0.0539. The Morgan fingerprint density at radius 1 is 1.50 bits per heavy atom. The maximum Gasteiger partial charge on any atom is 0.330 e. The number of esters is 1. The first kappa shape index (κ1) is 17.8. The Bertz CT molecular complexity index is 656. The number of rotatable bonds is 6. The lowest BCUT2D eigenvalue weighted by atomic mass is 10.1. The lowest BCUT2D eigenvalue weighted by molar-refractivity contribution is -0.151. The van der Waals surface area contributed by atoms with Gasteiger partial charge in [-0.1, -0.05) is 44.1 Å². The van der Waals surface area contributed by atoms with Gasteiger partial charge in [-0.05, 0) is 18.3 Å². The first-order chi connectivity index (χ1) is 11.2. The second-order valence-electron chi connectivity index (χ2n) is 6.70. The van der Waals surface area contributed by atoms with Gasteiger partial charge >= 0.3 is 12.0 Å². The molecule has 24 heavy (non-hydrogen) atoms. The van der Waals surface area contributed by atoms with Crippen LogP contribution in [0.3, 0.4) is 0 Å². The summed E-state index contributed by atoms with van der Waals surface area (Å²) in [5, 5.41) is 0. The van der Waals surface area contributed by atoms with E-state index in [2.05, 4.69) is 12.5 Å². The number of hydrogen-bond donors (Lipinski definition) is 0.